The Bertz CT molecular complexity index is 632. The first-order valence-electron chi connectivity index (χ1n) is 10.2. The number of rotatable bonds is 0. The minimum absolute atomic E-state index is 1.08. The van der Waals surface area contributed by atoms with Gasteiger partial charge in [0.15, 0.2) is 0 Å². The van der Waals surface area contributed by atoms with Gasteiger partial charge in [0.25, 0.3) is 0 Å². The van der Waals surface area contributed by atoms with Crippen molar-refractivity contribution in [2.24, 2.45) is 0 Å². The zero-order chi connectivity index (χ0) is 18.6. The standard InChI is InChI=1S/C24H36N2/c1-25(2)17-7-5-6-8-18-26(3,4)20-22-11-15-24(16-12-22)23-13-9-21(19-25)10-14-23/h9-16H,5-8,17-20H2,1-4H3/q+2. The molecule has 4 bridgehead atoms. The van der Waals surface area contributed by atoms with E-state index in [1.807, 2.05) is 0 Å². The molecule has 0 aliphatic carbocycles. The van der Waals surface area contributed by atoms with E-state index in [0.29, 0.717) is 0 Å². The molecule has 3 aliphatic heterocycles. The zero-order valence-corrected chi connectivity index (χ0v) is 17.2. The molecule has 0 fully saturated rings. The maximum atomic E-state index is 2.37. The molecule has 0 amide bonds. The molecule has 0 atom stereocenters. The largest absolute Gasteiger partial charge is 0.325 e. The Kier molecular flexibility index (Phi) is 5.84. The van der Waals surface area contributed by atoms with Crippen molar-refractivity contribution in [3.05, 3.63) is 59.7 Å². The van der Waals surface area contributed by atoms with E-state index in [2.05, 4.69) is 76.7 Å². The van der Waals surface area contributed by atoms with Gasteiger partial charge < -0.3 is 8.97 Å². The maximum absolute atomic E-state index is 2.37. The van der Waals surface area contributed by atoms with Crippen molar-refractivity contribution in [2.75, 3.05) is 41.3 Å². The van der Waals surface area contributed by atoms with Gasteiger partial charge in [0, 0.05) is 11.1 Å². The molecule has 0 saturated carbocycles. The predicted molar refractivity (Wildman–Crippen MR) is 112 cm³/mol. The second-order valence-corrected chi connectivity index (χ2v) is 9.44. The number of hydrogen-bond donors (Lipinski definition) is 0. The van der Waals surface area contributed by atoms with Crippen LogP contribution in [0, 0.1) is 0 Å². The van der Waals surface area contributed by atoms with Crippen LogP contribution in [0.1, 0.15) is 36.8 Å². The van der Waals surface area contributed by atoms with E-state index < -0.39 is 0 Å². The monoisotopic (exact) mass is 352 g/mol. The predicted octanol–water partition coefficient (Wildman–Crippen LogP) is 5.08. The summed E-state index contributed by atoms with van der Waals surface area (Å²) in [5.41, 5.74) is 5.52. The quantitative estimate of drug-likeness (QED) is 0.580. The van der Waals surface area contributed by atoms with E-state index in [9.17, 15) is 0 Å². The lowest BCUT2D eigenvalue weighted by Gasteiger charge is -2.31. The van der Waals surface area contributed by atoms with Crippen LogP contribution in [0.25, 0.3) is 11.1 Å². The van der Waals surface area contributed by atoms with E-state index in [-0.39, 0.29) is 0 Å². The number of fused-ring (bicyclic) bond motifs is 2. The minimum atomic E-state index is 1.08. The van der Waals surface area contributed by atoms with Crippen molar-refractivity contribution in [3.63, 3.8) is 0 Å². The van der Waals surface area contributed by atoms with Gasteiger partial charge in [-0.25, -0.2) is 0 Å². The molecule has 0 saturated heterocycles. The Morgan fingerprint density at radius 3 is 1.19 bits per heavy atom. The molecule has 0 radical (unpaired) electrons. The smallest absolute Gasteiger partial charge is 0.104 e. The van der Waals surface area contributed by atoms with Gasteiger partial charge in [0.05, 0.1) is 41.3 Å². The zero-order valence-electron chi connectivity index (χ0n) is 17.2. The highest BCUT2D eigenvalue weighted by molar-refractivity contribution is 5.63. The average Bonchev–Trinajstić information content (AvgIpc) is 2.58. The summed E-state index contributed by atoms with van der Waals surface area (Å²) in [7, 11) is 9.46. The number of nitrogens with zero attached hydrogens (tertiary/aromatic N) is 2. The summed E-state index contributed by atoms with van der Waals surface area (Å²) in [5.74, 6) is 0. The molecule has 140 valence electrons. The summed E-state index contributed by atoms with van der Waals surface area (Å²) in [4.78, 5) is 0. The van der Waals surface area contributed by atoms with Gasteiger partial charge in [-0.2, -0.15) is 0 Å². The highest BCUT2D eigenvalue weighted by Gasteiger charge is 2.18. The summed E-state index contributed by atoms with van der Waals surface area (Å²) in [6.45, 7) is 4.76. The summed E-state index contributed by atoms with van der Waals surface area (Å²) in [6, 6.07) is 18.4. The highest BCUT2D eigenvalue weighted by Crippen LogP contribution is 2.23. The van der Waals surface area contributed by atoms with Crippen molar-refractivity contribution in [1.29, 1.82) is 0 Å². The molecule has 2 nitrogen and oxygen atoms in total. The van der Waals surface area contributed by atoms with E-state index in [1.165, 1.54) is 61.0 Å². The SMILES string of the molecule is C[N+]1(C)CCCCCC[N+](C)(C)Cc2ccc(cc2)-c2ccc(cc2)C1. The third-order valence-corrected chi connectivity index (χ3v) is 5.74. The topological polar surface area (TPSA) is 0 Å². The second-order valence-electron chi connectivity index (χ2n) is 9.44. The van der Waals surface area contributed by atoms with Crippen molar-refractivity contribution < 1.29 is 8.97 Å². The Morgan fingerprint density at radius 2 is 0.846 bits per heavy atom. The summed E-state index contributed by atoms with van der Waals surface area (Å²) < 4.78 is 2.16. The fourth-order valence-electron chi connectivity index (χ4n) is 4.19. The Morgan fingerprint density at radius 1 is 0.500 bits per heavy atom. The van der Waals surface area contributed by atoms with Gasteiger partial charge in [-0.05, 0) is 36.8 Å². The third-order valence-electron chi connectivity index (χ3n) is 5.74. The molecule has 3 aliphatic rings. The van der Waals surface area contributed by atoms with Crippen molar-refractivity contribution >= 4 is 0 Å². The molecule has 0 N–H and O–H groups in total. The van der Waals surface area contributed by atoms with Gasteiger partial charge in [0.1, 0.15) is 13.1 Å². The molecule has 2 aromatic rings. The van der Waals surface area contributed by atoms with Gasteiger partial charge >= 0.3 is 0 Å². The molecule has 0 unspecified atom stereocenters. The molecule has 2 heteroatoms. The van der Waals surface area contributed by atoms with Crippen LogP contribution in [0.4, 0.5) is 0 Å². The van der Waals surface area contributed by atoms with E-state index in [1.54, 1.807) is 0 Å². The number of quaternary nitrogens is 2. The fraction of sp³-hybridized carbons (Fsp3) is 0.500. The minimum Gasteiger partial charge on any atom is -0.325 e. The van der Waals surface area contributed by atoms with Gasteiger partial charge in [-0.15, -0.1) is 0 Å². The van der Waals surface area contributed by atoms with Crippen LogP contribution in [-0.2, 0) is 13.1 Å². The average molecular weight is 353 g/mol. The molecule has 0 aromatic heterocycles. The van der Waals surface area contributed by atoms with Gasteiger partial charge in [-0.3, -0.25) is 0 Å². The van der Waals surface area contributed by atoms with Crippen LogP contribution >= 0.6 is 0 Å². The van der Waals surface area contributed by atoms with Crippen LogP contribution in [0.15, 0.2) is 48.5 Å². The summed E-state index contributed by atoms with van der Waals surface area (Å²) in [6.07, 6.45) is 5.38. The molecule has 26 heavy (non-hydrogen) atoms. The van der Waals surface area contributed by atoms with Gasteiger partial charge in [-0.1, -0.05) is 48.5 Å². The first kappa shape index (κ1) is 19.1. The van der Waals surface area contributed by atoms with Crippen LogP contribution in [0.3, 0.4) is 0 Å². The van der Waals surface area contributed by atoms with Crippen LogP contribution in [-0.4, -0.2) is 50.2 Å². The highest BCUT2D eigenvalue weighted by atomic mass is 15.3. The molecule has 0 spiro atoms. The van der Waals surface area contributed by atoms with Crippen molar-refractivity contribution in [3.8, 4) is 11.1 Å². The summed E-state index contributed by atoms with van der Waals surface area (Å²) in [5, 5.41) is 0. The Labute approximate surface area is 160 Å². The lowest BCUT2D eigenvalue weighted by molar-refractivity contribution is -0.904. The van der Waals surface area contributed by atoms with Crippen LogP contribution in [0.2, 0.25) is 0 Å². The third kappa shape index (κ3) is 5.43. The second kappa shape index (κ2) is 7.94. The molecule has 3 heterocycles. The van der Waals surface area contributed by atoms with Crippen LogP contribution in [0.5, 0.6) is 0 Å². The fourth-order valence-corrected chi connectivity index (χ4v) is 4.19. The Balaban J connectivity index is 1.84. The normalized spacial score (nSPS) is 20.5. The molecular weight excluding hydrogens is 316 g/mol. The number of hydrogen-bond acceptors (Lipinski definition) is 0. The van der Waals surface area contributed by atoms with Gasteiger partial charge in [0.2, 0.25) is 0 Å². The van der Waals surface area contributed by atoms with Crippen LogP contribution < -0.4 is 0 Å². The molecular formula is C24H36N2+2. The van der Waals surface area contributed by atoms with E-state index >= 15 is 0 Å². The lowest BCUT2D eigenvalue weighted by Crippen LogP contribution is -2.40. The first-order chi connectivity index (χ1) is 12.3. The summed E-state index contributed by atoms with van der Waals surface area (Å²) >= 11 is 0. The maximum Gasteiger partial charge on any atom is 0.104 e. The Hall–Kier alpha value is -1.64. The molecule has 2 aromatic carbocycles. The van der Waals surface area contributed by atoms with Crippen molar-refractivity contribution in [1.82, 2.24) is 0 Å². The van der Waals surface area contributed by atoms with E-state index in [4.69, 9.17) is 0 Å². The first-order valence-corrected chi connectivity index (χ1v) is 10.2. The lowest BCUT2D eigenvalue weighted by atomic mass is 10.0. The van der Waals surface area contributed by atoms with Crippen molar-refractivity contribution in [2.45, 2.75) is 38.8 Å². The van der Waals surface area contributed by atoms with E-state index in [0.717, 1.165) is 22.1 Å². The molecule has 5 rings (SSSR count). The number of benzene rings is 2.